The maximum absolute atomic E-state index is 13.5. The van der Waals surface area contributed by atoms with E-state index in [9.17, 15) is 14.4 Å². The van der Waals surface area contributed by atoms with Gasteiger partial charge in [-0.3, -0.25) is 10.3 Å². The predicted molar refractivity (Wildman–Crippen MR) is 159 cm³/mol. The van der Waals surface area contributed by atoms with Gasteiger partial charge in [-0.2, -0.15) is 5.26 Å². The number of anilines is 2. The summed E-state index contributed by atoms with van der Waals surface area (Å²) in [5, 5.41) is 21.9. The molecule has 1 aliphatic carbocycles. The predicted octanol–water partition coefficient (Wildman–Crippen LogP) is 5.49. The second-order valence-corrected chi connectivity index (χ2v) is 10.8. The van der Waals surface area contributed by atoms with Gasteiger partial charge in [0.15, 0.2) is 0 Å². The van der Waals surface area contributed by atoms with Crippen molar-refractivity contribution >= 4 is 23.6 Å². The van der Waals surface area contributed by atoms with Crippen LogP contribution in [0.25, 0.3) is 0 Å². The molecule has 2 atom stereocenters. The van der Waals surface area contributed by atoms with Crippen molar-refractivity contribution in [3.63, 3.8) is 0 Å². The van der Waals surface area contributed by atoms with E-state index in [4.69, 9.17) is 15.9 Å². The summed E-state index contributed by atoms with van der Waals surface area (Å²) in [5.41, 5.74) is 7.99. The van der Waals surface area contributed by atoms with Crippen molar-refractivity contribution in [1.29, 1.82) is 10.7 Å². The summed E-state index contributed by atoms with van der Waals surface area (Å²) in [5.74, 6) is 1.78. The first-order valence-corrected chi connectivity index (χ1v) is 14.2. The molecule has 2 fully saturated rings. The molecule has 9 nitrogen and oxygen atoms in total. The molecule has 2 heterocycles. The third-order valence-electron chi connectivity index (χ3n) is 7.78. The van der Waals surface area contributed by atoms with Crippen LogP contribution in [0.3, 0.4) is 0 Å². The number of aldehydes is 1. The fourth-order valence-corrected chi connectivity index (χ4v) is 5.31. The molecule has 10 heteroatoms. The number of hydrogen-bond donors (Lipinski definition) is 3. The third kappa shape index (κ3) is 7.17. The summed E-state index contributed by atoms with van der Waals surface area (Å²) < 4.78 is 19.2. The van der Waals surface area contributed by atoms with Crippen LogP contribution in [-0.4, -0.2) is 52.0 Å². The van der Waals surface area contributed by atoms with Crippen LogP contribution in [-0.2, 0) is 4.79 Å². The fourth-order valence-electron chi connectivity index (χ4n) is 5.31. The smallest absolute Gasteiger partial charge is 0.141 e. The Morgan fingerprint density at radius 2 is 2.02 bits per heavy atom. The number of allylic oxidation sites excluding steroid dienone is 1. The zero-order valence-electron chi connectivity index (χ0n) is 23.3. The van der Waals surface area contributed by atoms with Crippen LogP contribution in [0.5, 0.6) is 11.5 Å². The van der Waals surface area contributed by atoms with Crippen molar-refractivity contribution in [2.75, 3.05) is 24.1 Å². The number of benzene rings is 2. The van der Waals surface area contributed by atoms with E-state index in [0.717, 1.165) is 32.1 Å². The monoisotopic (exact) mass is 567 g/mol. The van der Waals surface area contributed by atoms with Crippen LogP contribution in [0.4, 0.5) is 16.0 Å². The molecule has 5 rings (SSSR count). The van der Waals surface area contributed by atoms with Crippen LogP contribution in [0.2, 0.25) is 0 Å². The van der Waals surface area contributed by atoms with Crippen molar-refractivity contribution in [2.24, 2.45) is 5.92 Å². The Morgan fingerprint density at radius 1 is 1.21 bits per heavy atom. The highest BCUT2D eigenvalue weighted by Crippen LogP contribution is 2.33. The van der Waals surface area contributed by atoms with Crippen LogP contribution in [0.15, 0.2) is 66.5 Å². The summed E-state index contributed by atoms with van der Waals surface area (Å²) in [7, 11) is 0. The lowest BCUT2D eigenvalue weighted by molar-refractivity contribution is -0.112. The van der Waals surface area contributed by atoms with Crippen LogP contribution < -0.4 is 15.8 Å². The molecule has 0 radical (unpaired) electrons. The molecule has 0 amide bonds. The van der Waals surface area contributed by atoms with Gasteiger partial charge < -0.3 is 20.6 Å². The number of hydrogen-bond acceptors (Lipinski definition) is 9. The number of rotatable bonds is 13. The Kier molecular flexibility index (Phi) is 9.19. The molecule has 42 heavy (non-hydrogen) atoms. The molecule has 1 aromatic heterocycles. The number of nitrogen functional groups attached to an aromatic ring is 1. The number of carbonyl (C=O) groups is 1. The highest BCUT2D eigenvalue weighted by Gasteiger charge is 2.31. The molecule has 0 bridgehead atoms. The SMILES string of the molecule is N#C/C(=C/CC1CC1)CC(C=O)N1CCC[C@@H]1CNc1ncnc(N)c1C(=N)c1ccc(Oc2cccc(F)c2)cc1. The van der Waals surface area contributed by atoms with Gasteiger partial charge in [0.05, 0.1) is 23.4 Å². The minimum absolute atomic E-state index is 0.0565. The van der Waals surface area contributed by atoms with Crippen LogP contribution >= 0.6 is 0 Å². The van der Waals surface area contributed by atoms with Crippen LogP contribution in [0, 0.1) is 28.5 Å². The molecular formula is C32H34FN7O2. The number of aromatic nitrogens is 2. The number of nitriles is 1. The zero-order valence-corrected chi connectivity index (χ0v) is 23.3. The summed E-state index contributed by atoms with van der Waals surface area (Å²) in [6.45, 7) is 1.27. The summed E-state index contributed by atoms with van der Waals surface area (Å²) in [4.78, 5) is 22.8. The summed E-state index contributed by atoms with van der Waals surface area (Å²) >= 11 is 0. The van der Waals surface area contributed by atoms with Gasteiger partial charge in [-0.1, -0.05) is 12.1 Å². The fraction of sp³-hybridized carbons (Fsp3) is 0.344. The van der Waals surface area contributed by atoms with Crippen molar-refractivity contribution in [2.45, 2.75) is 50.6 Å². The Bertz CT molecular complexity index is 1500. The first-order valence-electron chi connectivity index (χ1n) is 14.2. The van der Waals surface area contributed by atoms with Gasteiger partial charge in [-0.15, -0.1) is 0 Å². The maximum Gasteiger partial charge on any atom is 0.141 e. The topological polar surface area (TPSA) is 141 Å². The molecule has 1 aliphatic heterocycles. The van der Waals surface area contributed by atoms with E-state index in [0.29, 0.717) is 52.9 Å². The van der Waals surface area contributed by atoms with Gasteiger partial charge in [0.1, 0.15) is 41.6 Å². The van der Waals surface area contributed by atoms with Gasteiger partial charge >= 0.3 is 0 Å². The minimum Gasteiger partial charge on any atom is -0.457 e. The molecule has 4 N–H and O–H groups in total. The highest BCUT2D eigenvalue weighted by atomic mass is 19.1. The molecule has 2 aliphatic rings. The average Bonchev–Trinajstić information content (AvgIpc) is 3.71. The standard InChI is InChI=1S/C32H34FN7O2/c33-24-3-1-5-28(16-24)42-27-12-10-23(11-13-27)30(35)29-31(36)38-20-39-32(29)37-18-25-4-2-14-40(25)26(19-41)15-22(17-34)9-8-21-6-7-21/h1,3,5,9-13,16,19-21,25-26,35H,2,4,6-8,14-15,18H2,(H3,36,37,38,39)/b22-9+,35-30?/t25-,26?/m1/s1. The normalized spacial score (nSPS) is 17.8. The number of likely N-dealkylation sites (tertiary alicyclic amines) is 1. The molecule has 2 aromatic carbocycles. The Balaban J connectivity index is 1.26. The van der Waals surface area contributed by atoms with Gasteiger partial charge in [-0.05, 0) is 81.0 Å². The number of halogens is 1. The molecular weight excluding hydrogens is 533 g/mol. The Hall–Kier alpha value is -4.62. The maximum atomic E-state index is 13.5. The van der Waals surface area contributed by atoms with Crippen molar-refractivity contribution < 1.29 is 13.9 Å². The third-order valence-corrected chi connectivity index (χ3v) is 7.78. The molecule has 1 saturated heterocycles. The van der Waals surface area contributed by atoms with Gasteiger partial charge in [0.2, 0.25) is 0 Å². The lowest BCUT2D eigenvalue weighted by Gasteiger charge is -2.30. The Morgan fingerprint density at radius 3 is 2.74 bits per heavy atom. The van der Waals surface area contributed by atoms with Gasteiger partial charge in [0.25, 0.3) is 0 Å². The number of ether oxygens (including phenoxy) is 1. The second-order valence-electron chi connectivity index (χ2n) is 10.8. The van der Waals surface area contributed by atoms with E-state index in [2.05, 4.69) is 26.3 Å². The van der Waals surface area contributed by atoms with E-state index in [1.54, 1.807) is 36.4 Å². The zero-order chi connectivity index (χ0) is 29.5. The van der Waals surface area contributed by atoms with Crippen molar-refractivity contribution in [1.82, 2.24) is 14.9 Å². The average molecular weight is 568 g/mol. The number of carbonyl (C=O) groups excluding carboxylic acids is 1. The highest BCUT2D eigenvalue weighted by molar-refractivity contribution is 6.16. The number of nitrogens with two attached hydrogens (primary N) is 1. The molecule has 1 unspecified atom stereocenters. The quantitative estimate of drug-likeness (QED) is 0.140. The number of nitrogens with zero attached hydrogens (tertiary/aromatic N) is 4. The molecule has 0 spiro atoms. The first-order chi connectivity index (χ1) is 20.4. The van der Waals surface area contributed by atoms with E-state index >= 15 is 0 Å². The van der Waals surface area contributed by atoms with Gasteiger partial charge in [0, 0.05) is 36.2 Å². The lowest BCUT2D eigenvalue weighted by atomic mass is 10.0. The van der Waals surface area contributed by atoms with Crippen molar-refractivity contribution in [3.05, 3.63) is 83.5 Å². The summed E-state index contributed by atoms with van der Waals surface area (Å²) in [6, 6.07) is 14.7. The van der Waals surface area contributed by atoms with Gasteiger partial charge in [-0.25, -0.2) is 14.4 Å². The molecule has 216 valence electrons. The Labute approximate surface area is 244 Å². The summed E-state index contributed by atoms with van der Waals surface area (Å²) in [6.07, 6.45) is 9.91. The number of nitrogens with one attached hydrogen (secondary N) is 2. The molecule has 3 aromatic rings. The van der Waals surface area contributed by atoms with E-state index in [-0.39, 0.29) is 29.4 Å². The lowest BCUT2D eigenvalue weighted by Crippen LogP contribution is -2.43. The second kappa shape index (κ2) is 13.4. The van der Waals surface area contributed by atoms with E-state index in [1.807, 2.05) is 6.08 Å². The van der Waals surface area contributed by atoms with E-state index < -0.39 is 0 Å². The minimum atomic E-state index is -0.388. The van der Waals surface area contributed by atoms with E-state index in [1.165, 1.54) is 31.3 Å². The van der Waals surface area contributed by atoms with Crippen molar-refractivity contribution in [3.8, 4) is 17.6 Å². The largest absolute Gasteiger partial charge is 0.457 e. The molecule has 1 saturated carbocycles. The first kappa shape index (κ1) is 28.9. The van der Waals surface area contributed by atoms with Crippen LogP contribution in [0.1, 0.15) is 49.7 Å².